The molecule has 21 heavy (non-hydrogen) atoms. The first kappa shape index (κ1) is 14.5. The smallest absolute Gasteiger partial charge is 0.128 e. The van der Waals surface area contributed by atoms with E-state index in [1.165, 1.54) is 17.2 Å². The van der Waals surface area contributed by atoms with Crippen LogP contribution in [-0.4, -0.2) is 9.55 Å². The van der Waals surface area contributed by atoms with Gasteiger partial charge >= 0.3 is 0 Å². The number of imidazole rings is 1. The summed E-state index contributed by atoms with van der Waals surface area (Å²) in [6, 6.07) is 3.34. The molecule has 0 spiro atoms. The van der Waals surface area contributed by atoms with Gasteiger partial charge in [0.2, 0.25) is 0 Å². The van der Waals surface area contributed by atoms with Crippen LogP contribution in [0.5, 0.6) is 0 Å². The standard InChI is InChI=1S/C16H16ClFN2S/c1-9-4-15-14(5-13(9)18)19-16(11(3)17)20(15)6-12-8-21-7-10(12)2/h4-5,7-8,11H,6H2,1-3H3. The molecule has 1 aromatic carbocycles. The lowest BCUT2D eigenvalue weighted by atomic mass is 10.2. The van der Waals surface area contributed by atoms with E-state index in [4.69, 9.17) is 11.6 Å². The van der Waals surface area contributed by atoms with Crippen LogP contribution in [0.4, 0.5) is 4.39 Å². The Morgan fingerprint density at radius 1 is 1.29 bits per heavy atom. The zero-order valence-electron chi connectivity index (χ0n) is 12.2. The number of hydrogen-bond donors (Lipinski definition) is 0. The molecule has 2 nitrogen and oxygen atoms in total. The molecule has 3 aromatic rings. The fourth-order valence-electron chi connectivity index (χ4n) is 2.46. The molecule has 5 heteroatoms. The highest BCUT2D eigenvalue weighted by Crippen LogP contribution is 2.28. The Morgan fingerprint density at radius 2 is 2.05 bits per heavy atom. The van der Waals surface area contributed by atoms with Gasteiger partial charge in [0.25, 0.3) is 0 Å². The molecule has 3 rings (SSSR count). The summed E-state index contributed by atoms with van der Waals surface area (Å²) in [5, 5.41) is 4.04. The first-order valence-corrected chi connectivity index (χ1v) is 8.17. The second kappa shape index (κ2) is 5.43. The molecule has 0 amide bonds. The van der Waals surface area contributed by atoms with Gasteiger partial charge in [-0.2, -0.15) is 11.3 Å². The minimum atomic E-state index is -0.229. The minimum Gasteiger partial charge on any atom is -0.322 e. The highest BCUT2D eigenvalue weighted by atomic mass is 35.5. The Morgan fingerprint density at radius 3 is 2.67 bits per heavy atom. The third-order valence-corrected chi connectivity index (χ3v) is 4.81. The number of halogens is 2. The van der Waals surface area contributed by atoms with Crippen molar-refractivity contribution in [2.75, 3.05) is 0 Å². The van der Waals surface area contributed by atoms with Gasteiger partial charge in [0.1, 0.15) is 11.6 Å². The Labute approximate surface area is 132 Å². The van der Waals surface area contributed by atoms with Gasteiger partial charge in [-0.3, -0.25) is 0 Å². The number of aromatic nitrogens is 2. The van der Waals surface area contributed by atoms with Crippen molar-refractivity contribution in [2.24, 2.45) is 0 Å². The maximum absolute atomic E-state index is 13.8. The van der Waals surface area contributed by atoms with Gasteiger partial charge in [0.15, 0.2) is 0 Å². The van der Waals surface area contributed by atoms with Gasteiger partial charge in [-0.1, -0.05) is 0 Å². The largest absolute Gasteiger partial charge is 0.322 e. The zero-order chi connectivity index (χ0) is 15.1. The number of thiophene rings is 1. The van der Waals surface area contributed by atoms with Gasteiger partial charge in [0, 0.05) is 6.07 Å². The Kier molecular flexibility index (Phi) is 3.76. The third kappa shape index (κ3) is 2.58. The van der Waals surface area contributed by atoms with E-state index in [0.29, 0.717) is 17.6 Å². The summed E-state index contributed by atoms with van der Waals surface area (Å²) in [6.45, 7) is 6.47. The van der Waals surface area contributed by atoms with Crippen molar-refractivity contribution in [3.63, 3.8) is 0 Å². The molecule has 0 aliphatic heterocycles. The number of fused-ring (bicyclic) bond motifs is 1. The Hall–Kier alpha value is -1.39. The topological polar surface area (TPSA) is 17.8 Å². The summed E-state index contributed by atoms with van der Waals surface area (Å²) < 4.78 is 15.8. The zero-order valence-corrected chi connectivity index (χ0v) is 13.7. The lowest BCUT2D eigenvalue weighted by Crippen LogP contribution is -2.06. The van der Waals surface area contributed by atoms with E-state index in [2.05, 4.69) is 27.2 Å². The van der Waals surface area contributed by atoms with Gasteiger partial charge in [0.05, 0.1) is 23.0 Å². The van der Waals surface area contributed by atoms with E-state index in [1.807, 2.05) is 13.0 Å². The van der Waals surface area contributed by atoms with Crippen LogP contribution < -0.4 is 0 Å². The minimum absolute atomic E-state index is 0.222. The molecular weight excluding hydrogens is 307 g/mol. The van der Waals surface area contributed by atoms with E-state index < -0.39 is 0 Å². The first-order valence-electron chi connectivity index (χ1n) is 6.79. The molecule has 0 saturated heterocycles. The summed E-state index contributed by atoms with van der Waals surface area (Å²) in [7, 11) is 0. The summed E-state index contributed by atoms with van der Waals surface area (Å²) in [6.07, 6.45) is 0. The summed E-state index contributed by atoms with van der Waals surface area (Å²) in [5.74, 6) is 0.551. The molecule has 110 valence electrons. The molecule has 0 saturated carbocycles. The van der Waals surface area contributed by atoms with Crippen LogP contribution >= 0.6 is 22.9 Å². The van der Waals surface area contributed by atoms with Crippen LogP contribution in [-0.2, 0) is 6.54 Å². The van der Waals surface area contributed by atoms with Crippen molar-refractivity contribution in [3.05, 3.63) is 51.2 Å². The average molecular weight is 323 g/mol. The first-order chi connectivity index (χ1) is 9.97. The van der Waals surface area contributed by atoms with Crippen LogP contribution in [0.15, 0.2) is 22.9 Å². The quantitative estimate of drug-likeness (QED) is 0.606. The lowest BCUT2D eigenvalue weighted by Gasteiger charge is -2.11. The highest BCUT2D eigenvalue weighted by molar-refractivity contribution is 7.08. The summed E-state index contributed by atoms with van der Waals surface area (Å²) in [4.78, 5) is 4.52. The average Bonchev–Trinajstić information content (AvgIpc) is 2.97. The van der Waals surface area contributed by atoms with E-state index in [0.717, 1.165) is 11.3 Å². The molecule has 0 radical (unpaired) electrons. The number of nitrogens with zero attached hydrogens (tertiary/aromatic N) is 2. The number of hydrogen-bond acceptors (Lipinski definition) is 2. The van der Waals surface area contributed by atoms with Gasteiger partial charge in [-0.25, -0.2) is 9.37 Å². The highest BCUT2D eigenvalue weighted by Gasteiger charge is 2.17. The summed E-state index contributed by atoms with van der Waals surface area (Å²) >= 11 is 7.95. The van der Waals surface area contributed by atoms with Crippen molar-refractivity contribution in [1.82, 2.24) is 9.55 Å². The molecule has 0 aliphatic rings. The SMILES string of the molecule is Cc1cc2c(cc1F)nc(C(C)Cl)n2Cc1cscc1C. The fourth-order valence-corrected chi connectivity index (χ4v) is 3.47. The van der Waals surface area contributed by atoms with Crippen molar-refractivity contribution < 1.29 is 4.39 Å². The van der Waals surface area contributed by atoms with E-state index in [1.54, 1.807) is 18.3 Å². The maximum atomic E-state index is 13.8. The molecule has 0 fully saturated rings. The molecule has 1 atom stereocenters. The number of benzene rings is 1. The molecular formula is C16H16ClFN2S. The molecule has 2 aromatic heterocycles. The number of aryl methyl sites for hydroxylation is 2. The van der Waals surface area contributed by atoms with Crippen molar-refractivity contribution in [3.8, 4) is 0 Å². The van der Waals surface area contributed by atoms with Gasteiger partial charge in [-0.05, 0) is 54.3 Å². The Bertz CT molecular complexity index is 804. The molecule has 0 N–H and O–H groups in total. The van der Waals surface area contributed by atoms with E-state index in [9.17, 15) is 4.39 Å². The van der Waals surface area contributed by atoms with Gasteiger partial charge in [-0.15, -0.1) is 11.6 Å². The predicted molar refractivity (Wildman–Crippen MR) is 86.9 cm³/mol. The van der Waals surface area contributed by atoms with E-state index >= 15 is 0 Å². The van der Waals surface area contributed by atoms with Crippen LogP contribution in [0.25, 0.3) is 11.0 Å². The van der Waals surface area contributed by atoms with Crippen molar-refractivity contribution in [1.29, 1.82) is 0 Å². The summed E-state index contributed by atoms with van der Waals surface area (Å²) in [5.41, 5.74) is 4.73. The molecule has 0 bridgehead atoms. The maximum Gasteiger partial charge on any atom is 0.128 e. The second-order valence-corrected chi connectivity index (χ2v) is 6.74. The lowest BCUT2D eigenvalue weighted by molar-refractivity contribution is 0.620. The molecule has 0 aliphatic carbocycles. The monoisotopic (exact) mass is 322 g/mol. The number of rotatable bonds is 3. The predicted octanol–water partition coefficient (Wildman–Crippen LogP) is 5.20. The van der Waals surface area contributed by atoms with Gasteiger partial charge < -0.3 is 4.57 Å². The fraction of sp³-hybridized carbons (Fsp3) is 0.312. The van der Waals surface area contributed by atoms with Crippen LogP contribution in [0.1, 0.15) is 34.8 Å². The second-order valence-electron chi connectivity index (χ2n) is 5.34. The third-order valence-electron chi connectivity index (χ3n) is 3.70. The van der Waals surface area contributed by atoms with Crippen molar-refractivity contribution in [2.45, 2.75) is 32.7 Å². The van der Waals surface area contributed by atoms with Crippen LogP contribution in [0.3, 0.4) is 0 Å². The molecule has 1 unspecified atom stereocenters. The number of alkyl halides is 1. The van der Waals surface area contributed by atoms with Crippen LogP contribution in [0, 0.1) is 19.7 Å². The van der Waals surface area contributed by atoms with Crippen LogP contribution in [0.2, 0.25) is 0 Å². The Balaban J connectivity index is 2.20. The molecule has 2 heterocycles. The van der Waals surface area contributed by atoms with E-state index in [-0.39, 0.29) is 11.2 Å². The van der Waals surface area contributed by atoms with Crippen molar-refractivity contribution >= 4 is 34.0 Å². The normalized spacial score (nSPS) is 13.0.